The summed E-state index contributed by atoms with van der Waals surface area (Å²) in [5.41, 5.74) is 1.53. The molecule has 0 aromatic heterocycles. The molecule has 0 saturated carbocycles. The lowest BCUT2D eigenvalue weighted by atomic mass is 10.2. The molecule has 0 saturated heterocycles. The lowest BCUT2D eigenvalue weighted by Gasteiger charge is -1.98. The average molecular weight is 198 g/mol. The first kappa shape index (κ1) is 9.55. The fourth-order valence-corrected chi connectivity index (χ4v) is 1.38. The second-order valence-corrected chi connectivity index (χ2v) is 3.06. The minimum Gasteiger partial charge on any atom is -0.0845 e. The smallest absolute Gasteiger partial charge is 0.0845 e. The van der Waals surface area contributed by atoms with Crippen LogP contribution in [0.1, 0.15) is 0 Å². The van der Waals surface area contributed by atoms with Crippen molar-refractivity contribution in [1.29, 1.82) is 0 Å². The Hall–Kier alpha value is -2.00. The highest BCUT2D eigenvalue weighted by atomic mass is 16.3. The number of rotatable bonds is 3. The Kier molecular flexibility index (Phi) is 2.85. The minimum atomic E-state index is 0.763. The summed E-state index contributed by atoms with van der Waals surface area (Å²) in [7, 11) is 0. The van der Waals surface area contributed by atoms with E-state index in [1.165, 1.54) is 5.01 Å². The van der Waals surface area contributed by atoms with E-state index < -0.39 is 0 Å². The first-order valence-corrected chi connectivity index (χ1v) is 4.65. The zero-order valence-electron chi connectivity index (χ0n) is 8.08. The van der Waals surface area contributed by atoms with Gasteiger partial charge in [-0.2, -0.15) is 0 Å². The molecule has 0 aliphatic heterocycles. The van der Waals surface area contributed by atoms with Crippen LogP contribution < -0.4 is 5.01 Å². The van der Waals surface area contributed by atoms with Crippen LogP contribution >= 0.6 is 0 Å². The van der Waals surface area contributed by atoms with Gasteiger partial charge >= 0.3 is 0 Å². The van der Waals surface area contributed by atoms with Crippen LogP contribution in [0.25, 0.3) is 0 Å². The van der Waals surface area contributed by atoms with Crippen molar-refractivity contribution >= 4 is 11.4 Å². The summed E-state index contributed by atoms with van der Waals surface area (Å²) in [5, 5.41) is 4.37. The molecule has 0 unspecified atom stereocenters. The van der Waals surface area contributed by atoms with Gasteiger partial charge in [-0.05, 0) is 0 Å². The van der Waals surface area contributed by atoms with Gasteiger partial charge in [0.05, 0.1) is 5.01 Å². The minimum absolute atomic E-state index is 0.763. The van der Waals surface area contributed by atoms with Crippen molar-refractivity contribution in [1.82, 2.24) is 5.01 Å². The summed E-state index contributed by atoms with van der Waals surface area (Å²) in [6, 6.07) is 18.7. The first-order chi connectivity index (χ1) is 7.42. The molecule has 0 amide bonds. The number of nitroso groups, excluding NO2 is 1. The molecule has 2 aromatic carbocycles. The Morgan fingerprint density at radius 1 is 0.733 bits per heavy atom. The van der Waals surface area contributed by atoms with Crippen LogP contribution in [0.15, 0.2) is 65.9 Å². The third-order valence-corrected chi connectivity index (χ3v) is 2.08. The van der Waals surface area contributed by atoms with Crippen molar-refractivity contribution in [3.05, 3.63) is 65.6 Å². The molecule has 0 fully saturated rings. The third-order valence-electron chi connectivity index (χ3n) is 2.08. The molecule has 0 aliphatic rings. The Labute approximate surface area is 87.9 Å². The molecule has 3 heteroatoms. The normalized spacial score (nSPS) is 10.2. The molecular formula is C12H10N2O+. The zero-order chi connectivity index (χ0) is 10.5. The van der Waals surface area contributed by atoms with Crippen LogP contribution in [0.5, 0.6) is 0 Å². The zero-order valence-corrected chi connectivity index (χ0v) is 8.08. The van der Waals surface area contributed by atoms with E-state index >= 15 is 0 Å². The van der Waals surface area contributed by atoms with Crippen molar-refractivity contribution in [2.45, 2.75) is 0 Å². The average Bonchev–Trinajstić information content (AvgIpc) is 2.33. The van der Waals surface area contributed by atoms with Gasteiger partial charge in [0, 0.05) is 24.3 Å². The van der Waals surface area contributed by atoms with Gasteiger partial charge in [-0.1, -0.05) is 41.3 Å². The highest BCUT2D eigenvalue weighted by molar-refractivity contribution is 5.51. The molecular weight excluding hydrogens is 188 g/mol. The highest BCUT2D eigenvalue weighted by Gasteiger charge is 2.23. The number of benzene rings is 2. The fraction of sp³-hybridized carbons (Fsp3) is 0. The number of nitrogens with zero attached hydrogens (tertiary/aromatic N) is 2. The molecule has 0 aliphatic carbocycles. The first-order valence-electron chi connectivity index (χ1n) is 4.65. The van der Waals surface area contributed by atoms with Crippen molar-refractivity contribution in [3.63, 3.8) is 0 Å². The molecule has 0 N–H and O–H groups in total. The van der Waals surface area contributed by atoms with Gasteiger partial charge in [-0.25, -0.2) is 0 Å². The second kappa shape index (κ2) is 4.48. The quantitative estimate of drug-likeness (QED) is 0.422. The highest BCUT2D eigenvalue weighted by Crippen LogP contribution is 2.23. The molecule has 0 heterocycles. The predicted octanol–water partition coefficient (Wildman–Crippen LogP) is 3.47. The standard InChI is InChI=1S/C12H10N2O/c15-13-14(11-7-3-1-4-8-11)12-9-5-2-6-10-12/h1-10H/q+1. The predicted molar refractivity (Wildman–Crippen MR) is 60.1 cm³/mol. The van der Waals surface area contributed by atoms with Gasteiger partial charge in [0.25, 0.3) is 0 Å². The molecule has 0 atom stereocenters. The molecule has 1 radical (unpaired) electrons. The van der Waals surface area contributed by atoms with Crippen LogP contribution in [0.2, 0.25) is 0 Å². The molecule has 0 spiro atoms. The molecule has 2 aromatic rings. The summed E-state index contributed by atoms with van der Waals surface area (Å²) in [5.74, 6) is 0. The molecule has 15 heavy (non-hydrogen) atoms. The summed E-state index contributed by atoms with van der Waals surface area (Å²) >= 11 is 0. The molecule has 3 nitrogen and oxygen atoms in total. The fourth-order valence-electron chi connectivity index (χ4n) is 1.38. The number of hydrogen-bond donors (Lipinski definition) is 0. The maximum atomic E-state index is 10.8. The maximum Gasteiger partial charge on any atom is 0.222 e. The van der Waals surface area contributed by atoms with E-state index in [0.717, 1.165) is 11.4 Å². The van der Waals surface area contributed by atoms with Crippen LogP contribution in [-0.2, 0) is 0 Å². The van der Waals surface area contributed by atoms with Crippen LogP contribution in [-0.4, -0.2) is 0 Å². The van der Waals surface area contributed by atoms with Crippen molar-refractivity contribution in [2.75, 3.05) is 0 Å². The van der Waals surface area contributed by atoms with Crippen molar-refractivity contribution in [2.24, 2.45) is 5.29 Å². The molecule has 2 rings (SSSR count). The van der Waals surface area contributed by atoms with Crippen LogP contribution in [0.3, 0.4) is 0 Å². The monoisotopic (exact) mass is 198 g/mol. The van der Waals surface area contributed by atoms with Crippen LogP contribution in [0, 0.1) is 4.91 Å². The van der Waals surface area contributed by atoms with E-state index in [9.17, 15) is 4.91 Å². The van der Waals surface area contributed by atoms with E-state index in [1.54, 1.807) is 0 Å². The number of para-hydroxylation sites is 2. The van der Waals surface area contributed by atoms with E-state index in [4.69, 9.17) is 0 Å². The summed E-state index contributed by atoms with van der Waals surface area (Å²) in [6.07, 6.45) is 0. The summed E-state index contributed by atoms with van der Waals surface area (Å²) in [6.45, 7) is 0. The lowest BCUT2D eigenvalue weighted by Crippen LogP contribution is -2.08. The van der Waals surface area contributed by atoms with Gasteiger partial charge < -0.3 is 0 Å². The van der Waals surface area contributed by atoms with Crippen molar-refractivity contribution < 1.29 is 0 Å². The molecule has 73 valence electrons. The van der Waals surface area contributed by atoms with E-state index in [2.05, 4.69) is 5.29 Å². The Balaban J connectivity index is 2.38. The van der Waals surface area contributed by atoms with E-state index in [-0.39, 0.29) is 0 Å². The Bertz CT molecular complexity index is 388. The second-order valence-electron chi connectivity index (χ2n) is 3.06. The van der Waals surface area contributed by atoms with Gasteiger partial charge in [-0.3, -0.25) is 0 Å². The maximum absolute atomic E-state index is 10.8. The largest absolute Gasteiger partial charge is 0.222 e. The van der Waals surface area contributed by atoms with Gasteiger partial charge in [0.2, 0.25) is 16.7 Å². The van der Waals surface area contributed by atoms with Crippen LogP contribution in [0.4, 0.5) is 11.4 Å². The van der Waals surface area contributed by atoms with Crippen molar-refractivity contribution in [3.8, 4) is 0 Å². The third kappa shape index (κ3) is 2.08. The van der Waals surface area contributed by atoms with Gasteiger partial charge in [0.15, 0.2) is 0 Å². The lowest BCUT2D eigenvalue weighted by molar-refractivity contribution is 0.740. The number of hydrogen-bond acceptors (Lipinski definition) is 2. The Morgan fingerprint density at radius 2 is 1.13 bits per heavy atom. The molecule has 0 bridgehead atoms. The SMILES string of the molecule is O=N[N+](c1ccccc1)c1ccccc1. The van der Waals surface area contributed by atoms with Gasteiger partial charge in [0.1, 0.15) is 0 Å². The van der Waals surface area contributed by atoms with E-state index in [0.29, 0.717) is 0 Å². The summed E-state index contributed by atoms with van der Waals surface area (Å²) < 4.78 is 0. The summed E-state index contributed by atoms with van der Waals surface area (Å²) in [4.78, 5) is 10.8. The van der Waals surface area contributed by atoms with E-state index in [1.807, 2.05) is 60.7 Å². The van der Waals surface area contributed by atoms with Gasteiger partial charge in [-0.15, -0.1) is 0 Å². The number of anilines is 2. The Morgan fingerprint density at radius 3 is 1.47 bits per heavy atom. The topological polar surface area (TPSA) is 35.3 Å².